The van der Waals surface area contributed by atoms with Gasteiger partial charge in [0, 0.05) is 6.42 Å². The van der Waals surface area contributed by atoms with Crippen molar-refractivity contribution in [3.63, 3.8) is 0 Å². The number of carbonyl (C=O) groups is 2. The van der Waals surface area contributed by atoms with Crippen molar-refractivity contribution in [1.82, 2.24) is 0 Å². The third-order valence-electron chi connectivity index (χ3n) is 8.19. The van der Waals surface area contributed by atoms with E-state index in [0.29, 0.717) is 12.8 Å². The van der Waals surface area contributed by atoms with E-state index in [9.17, 15) is 30.0 Å². The summed E-state index contributed by atoms with van der Waals surface area (Å²) >= 11 is 0. The van der Waals surface area contributed by atoms with Gasteiger partial charge in [-0.25, -0.2) is 0 Å². The Morgan fingerprint density at radius 2 is 1.05 bits per heavy atom. The second-order valence-electron chi connectivity index (χ2n) is 13.0. The van der Waals surface area contributed by atoms with E-state index in [4.69, 9.17) is 18.9 Å². The standard InChI is InChI=1S/C45H68O10/c1-3-5-7-9-11-13-15-17-19-21-23-25-27-29-31-33-40(47)52-36-38(37-53-45-44(51)43(50)42(49)39(35-46)55-45)54-41(48)34-32-30-28-26-24-22-20-18-16-14-12-10-8-6-4-2/h5-8,11-14,17-20,23-26,29,31,38-39,42-46,49-51H,3-4,9-10,15-16,21-22,27-28,30,32-37H2,1-2H3/b7-5-,8-6-,13-11-,14-12-,19-17-,20-18-,25-23-,26-24-,31-29-/t38-,39+,42-,43-,44+,45+/m0/s1. The van der Waals surface area contributed by atoms with Crippen LogP contribution in [-0.2, 0) is 28.5 Å². The number of hydrogen-bond acceptors (Lipinski definition) is 10. The van der Waals surface area contributed by atoms with E-state index in [-0.39, 0.29) is 26.1 Å². The molecule has 0 aromatic heterocycles. The lowest BCUT2D eigenvalue weighted by molar-refractivity contribution is -0.305. The van der Waals surface area contributed by atoms with Crippen LogP contribution in [0.4, 0.5) is 0 Å². The molecule has 10 heteroatoms. The van der Waals surface area contributed by atoms with Crippen molar-refractivity contribution in [3.05, 3.63) is 109 Å². The second-order valence-corrected chi connectivity index (χ2v) is 13.0. The van der Waals surface area contributed by atoms with Gasteiger partial charge in [0.15, 0.2) is 12.4 Å². The molecule has 0 aliphatic carbocycles. The van der Waals surface area contributed by atoms with Gasteiger partial charge in [-0.2, -0.15) is 0 Å². The number of rotatable bonds is 30. The van der Waals surface area contributed by atoms with Gasteiger partial charge in [-0.3, -0.25) is 9.59 Å². The molecule has 1 rings (SSSR count). The lowest BCUT2D eigenvalue weighted by atomic mass is 9.99. The van der Waals surface area contributed by atoms with Crippen molar-refractivity contribution < 1.29 is 49.0 Å². The topological polar surface area (TPSA) is 152 Å². The first-order chi connectivity index (χ1) is 26.8. The fraction of sp³-hybridized carbons (Fsp3) is 0.556. The summed E-state index contributed by atoms with van der Waals surface area (Å²) in [6.45, 7) is 3.00. The highest BCUT2D eigenvalue weighted by Gasteiger charge is 2.44. The molecule has 55 heavy (non-hydrogen) atoms. The number of ether oxygens (including phenoxy) is 4. The van der Waals surface area contributed by atoms with Gasteiger partial charge in [0.2, 0.25) is 0 Å². The molecule has 10 nitrogen and oxygen atoms in total. The van der Waals surface area contributed by atoms with Gasteiger partial charge in [-0.05, 0) is 77.0 Å². The maximum absolute atomic E-state index is 12.7. The quantitative estimate of drug-likeness (QED) is 0.0324. The SMILES string of the molecule is CC/C=C\C/C=C\C/C=C\C/C=C\C/C=C\CC(=O)OC[C@@H](CO[C@@H]1O[C@H](CO)[C@H](O)[C@H](O)[C@H]1O)OC(=O)CCCC/C=C\C/C=C\C/C=C\C/C=C\CC. The maximum Gasteiger partial charge on any atom is 0.309 e. The number of hydrogen-bond donors (Lipinski definition) is 4. The van der Waals surface area contributed by atoms with E-state index in [1.807, 2.05) is 12.2 Å². The Balaban J connectivity index is 2.50. The van der Waals surface area contributed by atoms with Crippen molar-refractivity contribution in [3.8, 4) is 0 Å². The van der Waals surface area contributed by atoms with Crippen molar-refractivity contribution in [2.75, 3.05) is 19.8 Å². The summed E-state index contributed by atoms with van der Waals surface area (Å²) in [4.78, 5) is 25.2. The summed E-state index contributed by atoms with van der Waals surface area (Å²) < 4.78 is 21.9. The summed E-state index contributed by atoms with van der Waals surface area (Å²) in [6.07, 6.45) is 39.8. The molecule has 1 aliphatic heterocycles. The summed E-state index contributed by atoms with van der Waals surface area (Å²) in [5.74, 6) is -1.02. The van der Waals surface area contributed by atoms with Crippen LogP contribution >= 0.6 is 0 Å². The normalized spacial score (nSPS) is 21.7. The smallest absolute Gasteiger partial charge is 0.309 e. The summed E-state index contributed by atoms with van der Waals surface area (Å²) in [7, 11) is 0. The Bertz CT molecular complexity index is 1260. The van der Waals surface area contributed by atoms with Crippen LogP contribution in [0.5, 0.6) is 0 Å². The molecule has 6 atom stereocenters. The van der Waals surface area contributed by atoms with E-state index in [1.165, 1.54) is 0 Å². The highest BCUT2D eigenvalue weighted by atomic mass is 16.7. The molecule has 0 aromatic rings. The van der Waals surface area contributed by atoms with Crippen LogP contribution in [0.1, 0.15) is 104 Å². The molecule has 1 saturated heterocycles. The summed E-state index contributed by atoms with van der Waals surface area (Å²) in [5.41, 5.74) is 0. The Kier molecular flexibility index (Phi) is 31.3. The molecule has 0 saturated carbocycles. The second kappa shape index (κ2) is 34.8. The third kappa shape index (κ3) is 26.7. The first kappa shape index (κ1) is 49.4. The maximum atomic E-state index is 12.7. The molecule has 4 N–H and O–H groups in total. The summed E-state index contributed by atoms with van der Waals surface area (Å²) in [6, 6.07) is 0. The molecule has 1 heterocycles. The van der Waals surface area contributed by atoms with E-state index in [0.717, 1.165) is 64.2 Å². The van der Waals surface area contributed by atoms with Gasteiger partial charge in [0.25, 0.3) is 0 Å². The summed E-state index contributed by atoms with van der Waals surface area (Å²) in [5, 5.41) is 39.9. The van der Waals surface area contributed by atoms with Gasteiger partial charge >= 0.3 is 11.9 Å². The van der Waals surface area contributed by atoms with Crippen molar-refractivity contribution in [2.24, 2.45) is 0 Å². The molecule has 1 fully saturated rings. The number of aliphatic hydroxyl groups excluding tert-OH is 4. The van der Waals surface area contributed by atoms with Crippen LogP contribution in [0.15, 0.2) is 109 Å². The largest absolute Gasteiger partial charge is 0.461 e. The number of allylic oxidation sites excluding steroid dienone is 17. The van der Waals surface area contributed by atoms with Crippen LogP contribution in [0, 0.1) is 0 Å². The highest BCUT2D eigenvalue weighted by molar-refractivity contribution is 5.71. The Hall–Kier alpha value is -3.64. The van der Waals surface area contributed by atoms with Gasteiger partial charge in [-0.15, -0.1) is 0 Å². The molecular weight excluding hydrogens is 700 g/mol. The van der Waals surface area contributed by atoms with Crippen LogP contribution in [-0.4, -0.2) is 89.0 Å². The number of carbonyl (C=O) groups excluding carboxylic acids is 2. The zero-order chi connectivity index (χ0) is 40.2. The minimum Gasteiger partial charge on any atom is -0.461 e. The van der Waals surface area contributed by atoms with Crippen molar-refractivity contribution in [2.45, 2.75) is 141 Å². The first-order valence-electron chi connectivity index (χ1n) is 20.0. The van der Waals surface area contributed by atoms with Gasteiger partial charge in [-0.1, -0.05) is 123 Å². The minimum atomic E-state index is -1.62. The highest BCUT2D eigenvalue weighted by Crippen LogP contribution is 2.22. The average molecular weight is 769 g/mol. The van der Waals surface area contributed by atoms with Gasteiger partial charge in [0.1, 0.15) is 31.0 Å². The monoisotopic (exact) mass is 768 g/mol. The fourth-order valence-electron chi connectivity index (χ4n) is 5.07. The molecule has 0 aromatic carbocycles. The molecular formula is C45H68O10. The first-order valence-corrected chi connectivity index (χ1v) is 20.0. The Morgan fingerprint density at radius 3 is 1.55 bits per heavy atom. The van der Waals surface area contributed by atoms with E-state index in [1.54, 1.807) is 6.08 Å². The van der Waals surface area contributed by atoms with Gasteiger partial charge < -0.3 is 39.4 Å². The van der Waals surface area contributed by atoms with Crippen molar-refractivity contribution >= 4 is 11.9 Å². The number of esters is 2. The third-order valence-corrected chi connectivity index (χ3v) is 8.19. The molecule has 308 valence electrons. The van der Waals surface area contributed by atoms with Crippen LogP contribution in [0.3, 0.4) is 0 Å². The molecule has 0 radical (unpaired) electrons. The Morgan fingerprint density at radius 1 is 0.582 bits per heavy atom. The predicted molar refractivity (Wildman–Crippen MR) is 219 cm³/mol. The lowest BCUT2D eigenvalue weighted by Crippen LogP contribution is -2.59. The predicted octanol–water partition coefficient (Wildman–Crippen LogP) is 7.76. The van der Waals surface area contributed by atoms with Crippen LogP contribution < -0.4 is 0 Å². The Labute approximate surface area is 330 Å². The van der Waals surface area contributed by atoms with E-state index < -0.39 is 55.4 Å². The molecule has 0 amide bonds. The van der Waals surface area contributed by atoms with E-state index in [2.05, 4.69) is 105 Å². The minimum absolute atomic E-state index is 0.0268. The van der Waals surface area contributed by atoms with Gasteiger partial charge in [0.05, 0.1) is 19.6 Å². The van der Waals surface area contributed by atoms with Crippen LogP contribution in [0.2, 0.25) is 0 Å². The number of aliphatic hydroxyl groups is 4. The molecule has 0 bridgehead atoms. The molecule has 0 spiro atoms. The van der Waals surface area contributed by atoms with Crippen molar-refractivity contribution in [1.29, 1.82) is 0 Å². The zero-order valence-corrected chi connectivity index (χ0v) is 33.1. The molecule has 1 aliphatic rings. The lowest BCUT2D eigenvalue weighted by Gasteiger charge is -2.39. The fourth-order valence-corrected chi connectivity index (χ4v) is 5.07. The zero-order valence-electron chi connectivity index (χ0n) is 33.1. The average Bonchev–Trinajstić information content (AvgIpc) is 3.18. The number of unbranched alkanes of at least 4 members (excludes halogenated alkanes) is 2. The molecule has 0 unspecified atom stereocenters. The van der Waals surface area contributed by atoms with E-state index >= 15 is 0 Å². The van der Waals surface area contributed by atoms with Crippen LogP contribution in [0.25, 0.3) is 0 Å².